The summed E-state index contributed by atoms with van der Waals surface area (Å²) in [6.45, 7) is 0. The molecule has 0 radical (unpaired) electrons. The van der Waals surface area contributed by atoms with Crippen molar-refractivity contribution in [1.29, 1.82) is 0 Å². The van der Waals surface area contributed by atoms with Gasteiger partial charge in [0.15, 0.2) is 0 Å². The first-order valence-electron chi connectivity index (χ1n) is 7.73. The fraction of sp³-hybridized carbons (Fsp3) is 0. The Hall–Kier alpha value is -3.65. The largest absolute Gasteiger partial charge is 0.508 e. The van der Waals surface area contributed by atoms with Gasteiger partial charge in [0.1, 0.15) is 22.1 Å². The first-order chi connectivity index (χ1) is 13.0. The van der Waals surface area contributed by atoms with E-state index in [1.54, 1.807) is 41.8 Å². The minimum Gasteiger partial charge on any atom is -0.508 e. The van der Waals surface area contributed by atoms with Crippen molar-refractivity contribution >= 4 is 29.4 Å². The molecule has 1 amide bonds. The predicted octanol–water partition coefficient (Wildman–Crippen LogP) is 3.14. The summed E-state index contributed by atoms with van der Waals surface area (Å²) in [7, 11) is 0. The van der Waals surface area contributed by atoms with Crippen LogP contribution < -0.4 is 10.2 Å². The van der Waals surface area contributed by atoms with Gasteiger partial charge >= 0.3 is 5.97 Å². The maximum absolute atomic E-state index is 12.0. The van der Waals surface area contributed by atoms with Gasteiger partial charge in [0, 0.05) is 11.6 Å². The molecule has 2 aromatic carbocycles. The summed E-state index contributed by atoms with van der Waals surface area (Å²) in [6, 6.07) is 13.6. The van der Waals surface area contributed by atoms with Crippen LogP contribution in [0.25, 0.3) is 0 Å². The van der Waals surface area contributed by atoms with E-state index >= 15 is 0 Å². The average Bonchev–Trinajstić information content (AvgIpc) is 3.16. The average molecular weight is 382 g/mol. The minimum atomic E-state index is -0.599. The maximum Gasteiger partial charge on any atom is 0.353 e. The topological polar surface area (TPSA) is 108 Å². The first kappa shape index (κ1) is 18.2. The number of carbonyl (C=O) groups excluding carboxylic acids is 2. The molecule has 7 nitrogen and oxygen atoms in total. The summed E-state index contributed by atoms with van der Waals surface area (Å²) in [6.07, 6.45) is 1.38. The Morgan fingerprint density at radius 2 is 1.81 bits per heavy atom. The van der Waals surface area contributed by atoms with Gasteiger partial charge in [-0.05, 0) is 41.3 Å². The molecule has 0 saturated heterocycles. The third-order valence-corrected chi connectivity index (χ3v) is 4.19. The molecule has 0 aliphatic carbocycles. The number of carbonyl (C=O) groups is 2. The number of nitrogens with zero attached hydrogens (tertiary/aromatic N) is 1. The second kappa shape index (κ2) is 8.15. The lowest BCUT2D eigenvalue weighted by Gasteiger charge is -2.04. The predicted molar refractivity (Wildman–Crippen MR) is 101 cm³/mol. The van der Waals surface area contributed by atoms with Crippen LogP contribution in [0.15, 0.2) is 65.1 Å². The molecule has 0 bridgehead atoms. The van der Waals surface area contributed by atoms with E-state index < -0.39 is 11.9 Å². The van der Waals surface area contributed by atoms with Crippen molar-refractivity contribution in [2.45, 2.75) is 0 Å². The molecule has 8 heteroatoms. The maximum atomic E-state index is 12.0. The van der Waals surface area contributed by atoms with E-state index in [1.165, 1.54) is 29.7 Å². The number of phenols is 2. The summed E-state index contributed by atoms with van der Waals surface area (Å²) in [5, 5.41) is 24.4. The lowest BCUT2D eigenvalue weighted by molar-refractivity contribution is 0.0739. The van der Waals surface area contributed by atoms with Crippen molar-refractivity contribution in [3.05, 3.63) is 76.0 Å². The van der Waals surface area contributed by atoms with Crippen LogP contribution in [-0.4, -0.2) is 28.3 Å². The molecular formula is C19H14N2O5S. The smallest absolute Gasteiger partial charge is 0.353 e. The monoisotopic (exact) mass is 382 g/mol. The second-order valence-electron chi connectivity index (χ2n) is 5.38. The van der Waals surface area contributed by atoms with E-state index in [9.17, 15) is 19.8 Å². The highest BCUT2D eigenvalue weighted by Crippen LogP contribution is 2.20. The van der Waals surface area contributed by atoms with E-state index in [1.807, 2.05) is 0 Å². The molecule has 27 heavy (non-hydrogen) atoms. The fourth-order valence-corrected chi connectivity index (χ4v) is 2.77. The Morgan fingerprint density at radius 3 is 2.52 bits per heavy atom. The summed E-state index contributed by atoms with van der Waals surface area (Å²) < 4.78 is 5.29. The molecule has 0 atom stereocenters. The number of thiophene rings is 1. The van der Waals surface area contributed by atoms with Crippen molar-refractivity contribution < 1.29 is 24.5 Å². The fourth-order valence-electron chi connectivity index (χ4n) is 2.17. The molecule has 3 aromatic rings. The van der Waals surface area contributed by atoms with Crippen LogP contribution in [-0.2, 0) is 0 Å². The minimum absolute atomic E-state index is 0.0586. The van der Waals surface area contributed by atoms with Crippen molar-refractivity contribution in [3.8, 4) is 17.2 Å². The Bertz CT molecular complexity index is 979. The first-order valence-corrected chi connectivity index (χ1v) is 8.61. The van der Waals surface area contributed by atoms with Gasteiger partial charge in [-0.1, -0.05) is 18.2 Å². The van der Waals surface area contributed by atoms with Crippen molar-refractivity contribution in [3.63, 3.8) is 0 Å². The quantitative estimate of drug-likeness (QED) is 0.272. The molecule has 1 heterocycles. The number of aromatic hydroxyl groups is 2. The van der Waals surface area contributed by atoms with Gasteiger partial charge in [-0.3, -0.25) is 4.79 Å². The SMILES string of the molecule is O=C(NN=Cc1cccc(OC(=O)c2cccs2)c1)c1cc(O)cc(O)c1. The summed E-state index contributed by atoms with van der Waals surface area (Å²) in [5.41, 5.74) is 2.95. The van der Waals surface area contributed by atoms with Crippen LogP contribution in [0.4, 0.5) is 0 Å². The third-order valence-electron chi connectivity index (χ3n) is 3.34. The molecule has 0 fully saturated rings. The highest BCUT2D eigenvalue weighted by Gasteiger charge is 2.10. The number of hydrazone groups is 1. The van der Waals surface area contributed by atoms with Crippen LogP contribution in [0.5, 0.6) is 17.2 Å². The number of phenolic OH excluding ortho intramolecular Hbond substituents is 2. The lowest BCUT2D eigenvalue weighted by atomic mass is 10.2. The van der Waals surface area contributed by atoms with Gasteiger partial charge in [-0.15, -0.1) is 11.3 Å². The van der Waals surface area contributed by atoms with Crippen molar-refractivity contribution in [2.75, 3.05) is 0 Å². The zero-order valence-electron chi connectivity index (χ0n) is 13.8. The third kappa shape index (κ3) is 4.93. The second-order valence-corrected chi connectivity index (χ2v) is 6.32. The van der Waals surface area contributed by atoms with E-state index in [0.29, 0.717) is 16.2 Å². The van der Waals surface area contributed by atoms with E-state index in [2.05, 4.69) is 10.5 Å². The molecule has 3 N–H and O–H groups in total. The van der Waals surface area contributed by atoms with Crippen LogP contribution in [0, 0.1) is 0 Å². The van der Waals surface area contributed by atoms with Crippen LogP contribution in [0.2, 0.25) is 0 Å². The highest BCUT2D eigenvalue weighted by molar-refractivity contribution is 7.12. The Morgan fingerprint density at radius 1 is 1.04 bits per heavy atom. The molecule has 1 aromatic heterocycles. The zero-order valence-corrected chi connectivity index (χ0v) is 14.6. The van der Waals surface area contributed by atoms with Crippen LogP contribution >= 0.6 is 11.3 Å². The molecule has 3 rings (SSSR count). The number of nitrogens with one attached hydrogen (secondary N) is 1. The van der Waals surface area contributed by atoms with Gasteiger partial charge in [-0.2, -0.15) is 5.10 Å². The van der Waals surface area contributed by atoms with Crippen LogP contribution in [0.3, 0.4) is 0 Å². The van der Waals surface area contributed by atoms with Gasteiger partial charge in [0.05, 0.1) is 6.21 Å². The molecule has 0 unspecified atom stereocenters. The van der Waals surface area contributed by atoms with E-state index in [0.717, 1.165) is 6.07 Å². The lowest BCUT2D eigenvalue weighted by Crippen LogP contribution is -2.17. The Balaban J connectivity index is 1.63. The van der Waals surface area contributed by atoms with Crippen molar-refractivity contribution in [2.24, 2.45) is 5.10 Å². The number of esters is 1. The van der Waals surface area contributed by atoms with Gasteiger partial charge in [0.25, 0.3) is 5.91 Å². The van der Waals surface area contributed by atoms with Gasteiger partial charge in [-0.25, -0.2) is 10.2 Å². The number of amides is 1. The standard InChI is InChI=1S/C19H14N2O5S/c22-14-8-13(9-15(23)10-14)18(24)21-20-11-12-3-1-4-16(7-12)26-19(25)17-5-2-6-27-17/h1-11,22-23H,(H,21,24). The van der Waals surface area contributed by atoms with Crippen molar-refractivity contribution in [1.82, 2.24) is 5.43 Å². The summed E-state index contributed by atoms with van der Waals surface area (Å²) in [5.74, 6) is -1.16. The molecule has 0 spiro atoms. The molecule has 0 saturated carbocycles. The number of rotatable bonds is 5. The zero-order chi connectivity index (χ0) is 19.2. The number of hydrogen-bond acceptors (Lipinski definition) is 7. The molecule has 0 aliphatic rings. The Labute approximate surface area is 158 Å². The summed E-state index contributed by atoms with van der Waals surface area (Å²) >= 11 is 1.29. The number of hydrogen-bond donors (Lipinski definition) is 3. The van der Waals surface area contributed by atoms with E-state index in [4.69, 9.17) is 4.74 Å². The normalized spacial score (nSPS) is 10.7. The summed E-state index contributed by atoms with van der Waals surface area (Å²) in [4.78, 5) is 24.4. The Kier molecular flexibility index (Phi) is 5.48. The molecule has 0 aliphatic heterocycles. The van der Waals surface area contributed by atoms with E-state index in [-0.39, 0.29) is 17.1 Å². The number of ether oxygens (including phenoxy) is 1. The molecular weight excluding hydrogens is 368 g/mol. The molecule has 136 valence electrons. The van der Waals surface area contributed by atoms with Gasteiger partial charge in [0.2, 0.25) is 0 Å². The number of benzene rings is 2. The highest BCUT2D eigenvalue weighted by atomic mass is 32.1. The van der Waals surface area contributed by atoms with Gasteiger partial charge < -0.3 is 14.9 Å². The van der Waals surface area contributed by atoms with Crippen LogP contribution in [0.1, 0.15) is 25.6 Å².